The Hall–Kier alpha value is -3.72. The maximum absolute atomic E-state index is 5.34. The highest BCUT2D eigenvalue weighted by Crippen LogP contribution is 2.32. The van der Waals surface area contributed by atoms with E-state index < -0.39 is 0 Å². The third kappa shape index (κ3) is 3.05. The van der Waals surface area contributed by atoms with Crippen molar-refractivity contribution in [3.8, 4) is 22.3 Å². The molecule has 9 heteroatoms. The fraction of sp³-hybridized carbons (Fsp3) is 0.273. The highest BCUT2D eigenvalue weighted by Gasteiger charge is 2.29. The SMILES string of the molecule is COC1CC(Nc2ncc3c(-c4ccn5ncc(-c6cnn(C)c6)c5c4)c[nH]c3n2)C1. The van der Waals surface area contributed by atoms with E-state index >= 15 is 0 Å². The van der Waals surface area contributed by atoms with Crippen LogP contribution in [-0.2, 0) is 11.8 Å². The van der Waals surface area contributed by atoms with E-state index in [9.17, 15) is 0 Å². The molecule has 5 aromatic rings. The summed E-state index contributed by atoms with van der Waals surface area (Å²) in [5.41, 5.74) is 6.07. The molecule has 1 fully saturated rings. The number of fused-ring (bicyclic) bond motifs is 2. The average Bonchev–Trinajstić information content (AvgIpc) is 3.47. The molecule has 156 valence electrons. The third-order valence-corrected chi connectivity index (χ3v) is 6.04. The van der Waals surface area contributed by atoms with Crippen LogP contribution in [0.15, 0.2) is 49.3 Å². The summed E-state index contributed by atoms with van der Waals surface area (Å²) in [4.78, 5) is 12.5. The molecule has 0 spiro atoms. The van der Waals surface area contributed by atoms with Crippen LogP contribution in [0.3, 0.4) is 0 Å². The van der Waals surface area contributed by atoms with Gasteiger partial charge in [-0.2, -0.15) is 15.2 Å². The summed E-state index contributed by atoms with van der Waals surface area (Å²) in [6, 6.07) is 4.57. The molecule has 0 saturated heterocycles. The number of nitrogens with zero attached hydrogens (tertiary/aromatic N) is 6. The lowest BCUT2D eigenvalue weighted by atomic mass is 9.89. The van der Waals surface area contributed by atoms with Crippen LogP contribution in [0.5, 0.6) is 0 Å². The van der Waals surface area contributed by atoms with E-state index in [0.717, 1.165) is 51.6 Å². The van der Waals surface area contributed by atoms with Gasteiger partial charge >= 0.3 is 0 Å². The Labute approximate surface area is 178 Å². The zero-order valence-corrected chi connectivity index (χ0v) is 17.3. The van der Waals surface area contributed by atoms with Crippen LogP contribution in [0.2, 0.25) is 0 Å². The summed E-state index contributed by atoms with van der Waals surface area (Å²) in [6.07, 6.45) is 13.9. The molecule has 1 aliphatic carbocycles. The Morgan fingerprint density at radius 1 is 1.13 bits per heavy atom. The van der Waals surface area contributed by atoms with E-state index in [1.165, 1.54) is 0 Å². The molecule has 1 aliphatic rings. The Kier molecular flexibility index (Phi) is 4.03. The van der Waals surface area contributed by atoms with Crippen LogP contribution in [0.1, 0.15) is 12.8 Å². The van der Waals surface area contributed by atoms with Crippen LogP contribution >= 0.6 is 0 Å². The minimum atomic E-state index is 0.341. The largest absolute Gasteiger partial charge is 0.381 e. The summed E-state index contributed by atoms with van der Waals surface area (Å²) in [5.74, 6) is 0.644. The van der Waals surface area contributed by atoms with E-state index in [1.54, 1.807) is 11.8 Å². The van der Waals surface area contributed by atoms with Crippen molar-refractivity contribution in [2.24, 2.45) is 7.05 Å². The molecule has 31 heavy (non-hydrogen) atoms. The molecular formula is C22H22N8O. The summed E-state index contributed by atoms with van der Waals surface area (Å²) in [6.45, 7) is 0. The number of H-pyrrole nitrogens is 1. The summed E-state index contributed by atoms with van der Waals surface area (Å²) in [7, 11) is 3.67. The molecule has 0 amide bonds. The summed E-state index contributed by atoms with van der Waals surface area (Å²) < 4.78 is 9.02. The predicted molar refractivity (Wildman–Crippen MR) is 118 cm³/mol. The lowest BCUT2D eigenvalue weighted by Crippen LogP contribution is -2.40. The number of rotatable bonds is 5. The molecular weight excluding hydrogens is 392 g/mol. The topological polar surface area (TPSA) is 98.0 Å². The first-order valence-corrected chi connectivity index (χ1v) is 10.3. The van der Waals surface area contributed by atoms with Gasteiger partial charge in [-0.1, -0.05) is 0 Å². The van der Waals surface area contributed by atoms with Gasteiger partial charge < -0.3 is 15.0 Å². The number of hydrogen-bond donors (Lipinski definition) is 2. The summed E-state index contributed by atoms with van der Waals surface area (Å²) in [5, 5.41) is 13.1. The molecule has 0 radical (unpaired) electrons. The smallest absolute Gasteiger partial charge is 0.224 e. The highest BCUT2D eigenvalue weighted by atomic mass is 16.5. The van der Waals surface area contributed by atoms with E-state index in [-0.39, 0.29) is 0 Å². The number of anilines is 1. The molecule has 9 nitrogen and oxygen atoms in total. The number of aromatic amines is 1. The molecule has 0 bridgehead atoms. The Morgan fingerprint density at radius 2 is 2.03 bits per heavy atom. The molecule has 0 unspecified atom stereocenters. The van der Waals surface area contributed by atoms with Gasteiger partial charge in [0.05, 0.1) is 24.0 Å². The standard InChI is InChI=1S/C22H22N8O/c1-29-12-14(8-25-29)18-11-26-30-4-3-13(5-20(18)30)17-9-23-21-19(17)10-24-22(28-21)27-15-6-16(7-15)31-2/h3-5,8-12,15-16H,6-7H2,1-2H3,(H2,23,24,27,28). The van der Waals surface area contributed by atoms with Crippen molar-refractivity contribution in [2.45, 2.75) is 25.0 Å². The van der Waals surface area contributed by atoms with Gasteiger partial charge in [-0.25, -0.2) is 9.50 Å². The second-order valence-corrected chi connectivity index (χ2v) is 8.03. The number of aromatic nitrogens is 7. The second kappa shape index (κ2) is 6.92. The van der Waals surface area contributed by atoms with Gasteiger partial charge in [0.15, 0.2) is 0 Å². The number of ether oxygens (including phenoxy) is 1. The Morgan fingerprint density at radius 3 is 2.84 bits per heavy atom. The third-order valence-electron chi connectivity index (χ3n) is 6.04. The Balaban J connectivity index is 1.34. The van der Waals surface area contributed by atoms with Crippen molar-refractivity contribution in [1.82, 2.24) is 34.3 Å². The van der Waals surface area contributed by atoms with Crippen LogP contribution in [0.25, 0.3) is 38.8 Å². The number of nitrogens with one attached hydrogen (secondary N) is 2. The van der Waals surface area contributed by atoms with Gasteiger partial charge in [-0.15, -0.1) is 0 Å². The van der Waals surface area contributed by atoms with Crippen molar-refractivity contribution >= 4 is 22.5 Å². The van der Waals surface area contributed by atoms with Gasteiger partial charge in [-0.05, 0) is 30.5 Å². The van der Waals surface area contributed by atoms with E-state index in [2.05, 4.69) is 42.6 Å². The maximum Gasteiger partial charge on any atom is 0.224 e. The van der Waals surface area contributed by atoms with Crippen LogP contribution in [0.4, 0.5) is 5.95 Å². The van der Waals surface area contributed by atoms with Crippen molar-refractivity contribution < 1.29 is 4.74 Å². The lowest BCUT2D eigenvalue weighted by Gasteiger charge is -2.34. The van der Waals surface area contributed by atoms with Gasteiger partial charge in [0, 0.05) is 67.1 Å². The second-order valence-electron chi connectivity index (χ2n) is 8.03. The molecule has 0 aromatic carbocycles. The minimum Gasteiger partial charge on any atom is -0.381 e. The molecule has 0 aliphatic heterocycles. The first-order chi connectivity index (χ1) is 15.2. The molecule has 2 N–H and O–H groups in total. The van der Waals surface area contributed by atoms with E-state index in [1.807, 2.05) is 48.7 Å². The monoisotopic (exact) mass is 414 g/mol. The average molecular weight is 414 g/mol. The van der Waals surface area contributed by atoms with Gasteiger partial charge in [0.25, 0.3) is 0 Å². The molecule has 1 saturated carbocycles. The van der Waals surface area contributed by atoms with Gasteiger partial charge in [-0.3, -0.25) is 4.68 Å². The first kappa shape index (κ1) is 18.1. The van der Waals surface area contributed by atoms with Crippen LogP contribution < -0.4 is 5.32 Å². The molecule has 5 aromatic heterocycles. The predicted octanol–water partition coefficient (Wildman–Crippen LogP) is 3.26. The zero-order valence-electron chi connectivity index (χ0n) is 17.3. The summed E-state index contributed by atoms with van der Waals surface area (Å²) >= 11 is 0. The fourth-order valence-corrected chi connectivity index (χ4v) is 4.21. The quantitative estimate of drug-likeness (QED) is 0.458. The maximum atomic E-state index is 5.34. The van der Waals surface area contributed by atoms with E-state index in [0.29, 0.717) is 18.1 Å². The lowest BCUT2D eigenvalue weighted by molar-refractivity contribution is 0.0327. The highest BCUT2D eigenvalue weighted by molar-refractivity contribution is 5.95. The van der Waals surface area contributed by atoms with Crippen molar-refractivity contribution in [1.29, 1.82) is 0 Å². The van der Waals surface area contributed by atoms with E-state index in [4.69, 9.17) is 4.74 Å². The molecule has 5 heterocycles. The van der Waals surface area contributed by atoms with Crippen molar-refractivity contribution in [3.05, 3.63) is 49.3 Å². The normalized spacial score (nSPS) is 18.5. The van der Waals surface area contributed by atoms with Gasteiger partial charge in [0.1, 0.15) is 5.65 Å². The number of aryl methyl sites for hydroxylation is 1. The van der Waals surface area contributed by atoms with Gasteiger partial charge in [0.2, 0.25) is 5.95 Å². The number of methoxy groups -OCH3 is 1. The minimum absolute atomic E-state index is 0.341. The van der Waals surface area contributed by atoms with Crippen LogP contribution in [-0.4, -0.2) is 53.6 Å². The molecule has 6 rings (SSSR count). The fourth-order valence-electron chi connectivity index (χ4n) is 4.21. The van der Waals surface area contributed by atoms with Crippen LogP contribution in [0, 0.1) is 0 Å². The number of pyridine rings is 1. The van der Waals surface area contributed by atoms with Crippen molar-refractivity contribution in [3.63, 3.8) is 0 Å². The first-order valence-electron chi connectivity index (χ1n) is 10.3. The van der Waals surface area contributed by atoms with Crippen molar-refractivity contribution in [2.75, 3.05) is 12.4 Å². The Bertz CT molecular complexity index is 1390. The molecule has 0 atom stereocenters. The number of hydrogen-bond acceptors (Lipinski definition) is 6. The zero-order chi connectivity index (χ0) is 20.9.